The normalized spacial score (nSPS) is 16.8. The minimum Gasteiger partial charge on any atom is -0.379 e. The summed E-state index contributed by atoms with van der Waals surface area (Å²) in [5, 5.41) is 0. The molecule has 0 bridgehead atoms. The molecule has 0 spiro atoms. The second kappa shape index (κ2) is 22.0. The largest absolute Gasteiger partial charge is 0.379 e. The summed E-state index contributed by atoms with van der Waals surface area (Å²) >= 11 is 0. The molecule has 1 saturated heterocycles. The Balaban J connectivity index is 2.77. The van der Waals surface area contributed by atoms with Gasteiger partial charge in [0.2, 0.25) is 0 Å². The van der Waals surface area contributed by atoms with Gasteiger partial charge in [0.05, 0.1) is 33.0 Å². The molecule has 5 nitrogen and oxygen atoms in total. The molecule has 1 aliphatic rings. The third-order valence-corrected chi connectivity index (χ3v) is 6.61. The van der Waals surface area contributed by atoms with E-state index in [2.05, 4.69) is 27.7 Å². The molecule has 0 N–H and O–H groups in total. The average molecular weight is 487 g/mol. The van der Waals surface area contributed by atoms with Crippen LogP contribution in [0.2, 0.25) is 0 Å². The molecule has 1 heterocycles. The molecule has 5 heteroatoms. The molecule has 2 unspecified atom stereocenters. The zero-order valence-electron chi connectivity index (χ0n) is 23.3. The van der Waals surface area contributed by atoms with Crippen LogP contribution in [0.25, 0.3) is 0 Å². The van der Waals surface area contributed by atoms with Gasteiger partial charge in [-0.15, -0.1) is 0 Å². The van der Waals surface area contributed by atoms with E-state index < -0.39 is 5.97 Å². The highest BCUT2D eigenvalue weighted by Crippen LogP contribution is 2.35. The molecule has 0 aromatic heterocycles. The summed E-state index contributed by atoms with van der Waals surface area (Å²) in [6.07, 6.45) is 19.0. The first-order valence-electron chi connectivity index (χ1n) is 14.8. The zero-order chi connectivity index (χ0) is 24.7. The zero-order valence-corrected chi connectivity index (χ0v) is 23.3. The number of hydrogen-bond acceptors (Lipinski definition) is 5. The molecule has 0 amide bonds. The van der Waals surface area contributed by atoms with Crippen LogP contribution in [-0.4, -0.2) is 51.7 Å². The SMILES string of the molecule is CCCCCCCCC(CCCCOCC1CO1)C(OCCCC)(OCCCC)OCCCC. The fourth-order valence-corrected chi connectivity index (χ4v) is 4.20. The number of rotatable bonds is 27. The van der Waals surface area contributed by atoms with Crippen LogP contribution in [0.3, 0.4) is 0 Å². The van der Waals surface area contributed by atoms with Gasteiger partial charge in [0.1, 0.15) is 6.10 Å². The van der Waals surface area contributed by atoms with Crippen molar-refractivity contribution in [3.63, 3.8) is 0 Å². The summed E-state index contributed by atoms with van der Waals surface area (Å²) in [7, 11) is 0. The first-order chi connectivity index (χ1) is 16.7. The van der Waals surface area contributed by atoms with Crippen molar-refractivity contribution in [2.45, 2.75) is 143 Å². The van der Waals surface area contributed by atoms with Crippen molar-refractivity contribution < 1.29 is 23.7 Å². The maximum atomic E-state index is 6.55. The average Bonchev–Trinajstić information content (AvgIpc) is 3.66. The lowest BCUT2D eigenvalue weighted by Crippen LogP contribution is -2.47. The van der Waals surface area contributed by atoms with Gasteiger partial charge in [0.15, 0.2) is 0 Å². The molecule has 204 valence electrons. The van der Waals surface area contributed by atoms with Gasteiger partial charge < -0.3 is 23.7 Å². The maximum Gasteiger partial charge on any atom is 0.285 e. The Hall–Kier alpha value is -0.200. The standard InChI is InChI=1S/C29H58O5/c1-5-9-13-14-15-16-19-27(20-17-18-21-30-25-28-26-31-28)29(32-22-10-6-2,33-23-11-7-3)34-24-12-8-4/h27-28H,5-26H2,1-4H3. The molecule has 0 radical (unpaired) electrons. The van der Waals surface area contributed by atoms with E-state index in [0.717, 1.165) is 84.0 Å². The lowest BCUT2D eigenvalue weighted by molar-refractivity contribution is -0.407. The third-order valence-electron chi connectivity index (χ3n) is 6.61. The Morgan fingerprint density at radius 3 is 1.59 bits per heavy atom. The molecule has 0 saturated carbocycles. The van der Waals surface area contributed by atoms with E-state index in [1.54, 1.807) is 0 Å². The van der Waals surface area contributed by atoms with E-state index >= 15 is 0 Å². The third kappa shape index (κ3) is 15.7. The van der Waals surface area contributed by atoms with E-state index in [-0.39, 0.29) is 5.92 Å². The van der Waals surface area contributed by atoms with Crippen LogP contribution in [0.4, 0.5) is 0 Å². The van der Waals surface area contributed by atoms with Crippen molar-refractivity contribution in [2.75, 3.05) is 39.6 Å². The van der Waals surface area contributed by atoms with Gasteiger partial charge in [0.25, 0.3) is 5.97 Å². The van der Waals surface area contributed by atoms with Crippen LogP contribution in [-0.2, 0) is 23.7 Å². The first kappa shape index (κ1) is 31.8. The fraction of sp³-hybridized carbons (Fsp3) is 1.00. The van der Waals surface area contributed by atoms with Crippen molar-refractivity contribution in [1.29, 1.82) is 0 Å². The van der Waals surface area contributed by atoms with E-state index in [9.17, 15) is 0 Å². The molecular weight excluding hydrogens is 428 g/mol. The highest BCUT2D eigenvalue weighted by atomic mass is 16.9. The lowest BCUT2D eigenvalue weighted by Gasteiger charge is -2.40. The molecule has 0 aromatic carbocycles. The van der Waals surface area contributed by atoms with Gasteiger partial charge in [-0.2, -0.15) is 0 Å². The van der Waals surface area contributed by atoms with E-state index in [1.807, 2.05) is 0 Å². The Morgan fingerprint density at radius 1 is 0.618 bits per heavy atom. The minimum atomic E-state index is -0.897. The molecule has 0 aromatic rings. The van der Waals surface area contributed by atoms with E-state index in [0.29, 0.717) is 25.9 Å². The van der Waals surface area contributed by atoms with Gasteiger partial charge in [0, 0.05) is 12.5 Å². The Morgan fingerprint density at radius 2 is 1.09 bits per heavy atom. The molecule has 0 aliphatic carbocycles. The van der Waals surface area contributed by atoms with E-state index in [1.165, 1.54) is 38.5 Å². The highest BCUT2D eigenvalue weighted by molar-refractivity contribution is 4.74. The monoisotopic (exact) mass is 486 g/mol. The van der Waals surface area contributed by atoms with Crippen LogP contribution in [0, 0.1) is 5.92 Å². The molecule has 2 atom stereocenters. The van der Waals surface area contributed by atoms with Crippen molar-refractivity contribution in [3.05, 3.63) is 0 Å². The summed E-state index contributed by atoms with van der Waals surface area (Å²) in [6.45, 7) is 13.4. The van der Waals surface area contributed by atoms with Gasteiger partial charge in [-0.05, 0) is 38.5 Å². The minimum absolute atomic E-state index is 0.260. The van der Waals surface area contributed by atoms with Crippen molar-refractivity contribution in [2.24, 2.45) is 5.92 Å². The number of ether oxygens (including phenoxy) is 5. The van der Waals surface area contributed by atoms with Gasteiger partial charge in [-0.1, -0.05) is 91.9 Å². The van der Waals surface area contributed by atoms with Crippen LogP contribution in [0.15, 0.2) is 0 Å². The first-order valence-corrected chi connectivity index (χ1v) is 14.8. The summed E-state index contributed by atoms with van der Waals surface area (Å²) in [6, 6.07) is 0. The van der Waals surface area contributed by atoms with Crippen molar-refractivity contribution in [1.82, 2.24) is 0 Å². The van der Waals surface area contributed by atoms with Crippen LogP contribution >= 0.6 is 0 Å². The fourth-order valence-electron chi connectivity index (χ4n) is 4.20. The number of unbranched alkanes of at least 4 members (excludes halogenated alkanes) is 9. The van der Waals surface area contributed by atoms with Crippen LogP contribution < -0.4 is 0 Å². The van der Waals surface area contributed by atoms with Crippen LogP contribution in [0.5, 0.6) is 0 Å². The molecule has 34 heavy (non-hydrogen) atoms. The predicted octanol–water partition coefficient (Wildman–Crippen LogP) is 8.04. The Kier molecular flexibility index (Phi) is 20.6. The molecule has 1 rings (SSSR count). The summed E-state index contributed by atoms with van der Waals surface area (Å²) in [4.78, 5) is 0. The lowest BCUT2D eigenvalue weighted by atomic mass is 9.92. The number of hydrogen-bond donors (Lipinski definition) is 0. The predicted molar refractivity (Wildman–Crippen MR) is 141 cm³/mol. The quantitative estimate of drug-likeness (QED) is 0.0668. The highest BCUT2D eigenvalue weighted by Gasteiger charge is 2.42. The Labute approximate surface area is 212 Å². The van der Waals surface area contributed by atoms with E-state index in [4.69, 9.17) is 23.7 Å². The van der Waals surface area contributed by atoms with Gasteiger partial charge in [-0.3, -0.25) is 0 Å². The molecule has 1 fully saturated rings. The molecular formula is C29H58O5. The summed E-state index contributed by atoms with van der Waals surface area (Å²) in [5.41, 5.74) is 0. The van der Waals surface area contributed by atoms with Crippen molar-refractivity contribution in [3.8, 4) is 0 Å². The summed E-state index contributed by atoms with van der Waals surface area (Å²) < 4.78 is 30.7. The number of epoxide rings is 1. The van der Waals surface area contributed by atoms with Crippen LogP contribution in [0.1, 0.15) is 130 Å². The maximum absolute atomic E-state index is 6.55. The smallest absolute Gasteiger partial charge is 0.285 e. The topological polar surface area (TPSA) is 49.5 Å². The second-order valence-corrected chi connectivity index (χ2v) is 9.99. The van der Waals surface area contributed by atoms with Crippen molar-refractivity contribution >= 4 is 0 Å². The second-order valence-electron chi connectivity index (χ2n) is 9.99. The summed E-state index contributed by atoms with van der Waals surface area (Å²) in [5.74, 6) is -0.637. The van der Waals surface area contributed by atoms with Gasteiger partial charge in [-0.25, -0.2) is 0 Å². The van der Waals surface area contributed by atoms with Gasteiger partial charge >= 0.3 is 0 Å². The Bertz CT molecular complexity index is 400. The molecule has 1 aliphatic heterocycles.